The molecule has 21 heavy (non-hydrogen) atoms. The Labute approximate surface area is 126 Å². The number of rotatable bonds is 6. The topological polar surface area (TPSA) is 50.8 Å². The molecule has 1 heterocycles. The second-order valence-corrected chi connectivity index (χ2v) is 5.52. The zero-order chi connectivity index (χ0) is 15.1. The van der Waals surface area contributed by atoms with Gasteiger partial charge in [0, 0.05) is 12.6 Å². The number of methoxy groups -OCH3 is 1. The molecule has 116 valence electrons. The van der Waals surface area contributed by atoms with Crippen molar-refractivity contribution >= 4 is 5.91 Å². The summed E-state index contributed by atoms with van der Waals surface area (Å²) in [5.74, 6) is 1.88. The van der Waals surface area contributed by atoms with Crippen LogP contribution in [0, 0.1) is 5.92 Å². The summed E-state index contributed by atoms with van der Waals surface area (Å²) in [7, 11) is 3.74. The Bertz CT molecular complexity index is 457. The van der Waals surface area contributed by atoms with E-state index in [2.05, 4.69) is 17.3 Å². The maximum Gasteiger partial charge on any atom is 0.257 e. The van der Waals surface area contributed by atoms with E-state index in [-0.39, 0.29) is 12.5 Å². The minimum atomic E-state index is -0.0725. The third kappa shape index (κ3) is 5.27. The summed E-state index contributed by atoms with van der Waals surface area (Å²) in [4.78, 5) is 14.1. The fraction of sp³-hybridized carbons (Fsp3) is 0.562. The van der Waals surface area contributed by atoms with Gasteiger partial charge in [0.05, 0.1) is 7.11 Å². The van der Waals surface area contributed by atoms with Gasteiger partial charge in [-0.3, -0.25) is 4.79 Å². The Morgan fingerprint density at radius 2 is 2.05 bits per heavy atom. The highest BCUT2D eigenvalue weighted by Crippen LogP contribution is 2.18. The van der Waals surface area contributed by atoms with Gasteiger partial charge in [-0.2, -0.15) is 0 Å². The van der Waals surface area contributed by atoms with Crippen molar-refractivity contribution in [3.8, 4) is 11.5 Å². The van der Waals surface area contributed by atoms with Crippen molar-refractivity contribution in [2.75, 3.05) is 40.4 Å². The van der Waals surface area contributed by atoms with Crippen molar-refractivity contribution in [3.63, 3.8) is 0 Å². The molecular formula is C16H24N2O3. The molecule has 0 unspecified atom stereocenters. The molecule has 1 amide bonds. The molecule has 5 heteroatoms. The summed E-state index contributed by atoms with van der Waals surface area (Å²) < 4.78 is 10.6. The van der Waals surface area contributed by atoms with Crippen molar-refractivity contribution in [1.82, 2.24) is 10.2 Å². The van der Waals surface area contributed by atoms with E-state index in [0.29, 0.717) is 11.7 Å². The molecule has 0 aromatic heterocycles. The predicted molar refractivity (Wildman–Crippen MR) is 81.7 cm³/mol. The molecule has 1 N–H and O–H groups in total. The average Bonchev–Trinajstić information content (AvgIpc) is 2.52. The first kappa shape index (κ1) is 15.6. The number of amides is 1. The molecule has 1 aromatic carbocycles. The number of likely N-dealkylation sites (tertiary alicyclic amines) is 1. The summed E-state index contributed by atoms with van der Waals surface area (Å²) >= 11 is 0. The van der Waals surface area contributed by atoms with Crippen LogP contribution in [0.5, 0.6) is 11.5 Å². The maximum atomic E-state index is 11.8. The second kappa shape index (κ2) is 7.88. The SMILES string of the molecule is COc1cccc(OCC(=O)NCC2CCN(C)CC2)c1. The third-order valence-corrected chi connectivity index (χ3v) is 3.84. The van der Waals surface area contributed by atoms with Crippen molar-refractivity contribution in [1.29, 1.82) is 0 Å². The summed E-state index contributed by atoms with van der Waals surface area (Å²) in [5.41, 5.74) is 0. The van der Waals surface area contributed by atoms with E-state index < -0.39 is 0 Å². The van der Waals surface area contributed by atoms with Gasteiger partial charge in [-0.05, 0) is 51.0 Å². The molecule has 0 saturated carbocycles. The van der Waals surface area contributed by atoms with Crippen molar-refractivity contribution in [2.24, 2.45) is 5.92 Å². The van der Waals surface area contributed by atoms with Crippen molar-refractivity contribution in [2.45, 2.75) is 12.8 Å². The van der Waals surface area contributed by atoms with Gasteiger partial charge in [0.15, 0.2) is 6.61 Å². The third-order valence-electron chi connectivity index (χ3n) is 3.84. The molecule has 1 aliphatic heterocycles. The van der Waals surface area contributed by atoms with Crippen LogP contribution < -0.4 is 14.8 Å². The van der Waals surface area contributed by atoms with Crippen LogP contribution in [0.15, 0.2) is 24.3 Å². The maximum absolute atomic E-state index is 11.8. The molecule has 0 radical (unpaired) electrons. The Kier molecular flexibility index (Phi) is 5.87. The van der Waals surface area contributed by atoms with Crippen LogP contribution in [0.2, 0.25) is 0 Å². The highest BCUT2D eigenvalue weighted by atomic mass is 16.5. The number of carbonyl (C=O) groups is 1. The first-order valence-corrected chi connectivity index (χ1v) is 7.39. The molecule has 1 fully saturated rings. The number of nitrogens with one attached hydrogen (secondary N) is 1. The second-order valence-electron chi connectivity index (χ2n) is 5.52. The highest BCUT2D eigenvalue weighted by molar-refractivity contribution is 5.77. The predicted octanol–water partition coefficient (Wildman–Crippen LogP) is 1.53. The fourth-order valence-electron chi connectivity index (χ4n) is 2.42. The van der Waals surface area contributed by atoms with Crippen LogP contribution in [-0.4, -0.2) is 51.2 Å². The van der Waals surface area contributed by atoms with Crippen LogP contribution in [0.3, 0.4) is 0 Å². The Hall–Kier alpha value is -1.75. The Morgan fingerprint density at radius 1 is 1.33 bits per heavy atom. The van der Waals surface area contributed by atoms with Gasteiger partial charge in [0.25, 0.3) is 5.91 Å². The van der Waals surface area contributed by atoms with Crippen LogP contribution in [-0.2, 0) is 4.79 Å². The fourth-order valence-corrected chi connectivity index (χ4v) is 2.42. The number of piperidine rings is 1. The number of benzene rings is 1. The lowest BCUT2D eigenvalue weighted by Crippen LogP contribution is -2.38. The van der Waals surface area contributed by atoms with Crippen LogP contribution in [0.25, 0.3) is 0 Å². The minimum Gasteiger partial charge on any atom is -0.497 e. The smallest absolute Gasteiger partial charge is 0.257 e. The van der Waals surface area contributed by atoms with E-state index in [1.54, 1.807) is 13.2 Å². The minimum absolute atomic E-state index is 0.0415. The molecule has 0 spiro atoms. The lowest BCUT2D eigenvalue weighted by Gasteiger charge is -2.28. The van der Waals surface area contributed by atoms with Gasteiger partial charge in [0.1, 0.15) is 11.5 Å². The molecular weight excluding hydrogens is 268 g/mol. The van der Waals surface area contributed by atoms with E-state index >= 15 is 0 Å². The Morgan fingerprint density at radius 3 is 2.76 bits per heavy atom. The van der Waals surface area contributed by atoms with E-state index in [4.69, 9.17) is 9.47 Å². The lowest BCUT2D eigenvalue weighted by atomic mass is 9.97. The normalized spacial score (nSPS) is 16.5. The van der Waals surface area contributed by atoms with Gasteiger partial charge < -0.3 is 19.7 Å². The lowest BCUT2D eigenvalue weighted by molar-refractivity contribution is -0.123. The number of hydrogen-bond acceptors (Lipinski definition) is 4. The standard InChI is InChI=1S/C16H24N2O3/c1-18-8-6-13(7-9-18)11-17-16(19)12-21-15-5-3-4-14(10-15)20-2/h3-5,10,13H,6-9,11-12H2,1-2H3,(H,17,19). The number of nitrogens with zero attached hydrogens (tertiary/aromatic N) is 1. The van der Waals surface area contributed by atoms with Gasteiger partial charge in [-0.25, -0.2) is 0 Å². The molecule has 0 aliphatic carbocycles. The van der Waals surface area contributed by atoms with Crippen LogP contribution in [0.4, 0.5) is 0 Å². The molecule has 5 nitrogen and oxygen atoms in total. The molecule has 0 atom stereocenters. The number of hydrogen-bond donors (Lipinski definition) is 1. The molecule has 1 aromatic rings. The zero-order valence-corrected chi connectivity index (χ0v) is 12.8. The van der Waals surface area contributed by atoms with E-state index in [1.807, 2.05) is 18.2 Å². The quantitative estimate of drug-likeness (QED) is 0.864. The first-order chi connectivity index (χ1) is 10.2. The van der Waals surface area contributed by atoms with Crippen LogP contribution >= 0.6 is 0 Å². The van der Waals surface area contributed by atoms with Crippen molar-refractivity contribution < 1.29 is 14.3 Å². The Balaban J connectivity index is 1.67. The summed E-state index contributed by atoms with van der Waals surface area (Å²) in [6.07, 6.45) is 2.29. The molecule has 1 saturated heterocycles. The van der Waals surface area contributed by atoms with Gasteiger partial charge in [0.2, 0.25) is 0 Å². The number of ether oxygens (including phenoxy) is 2. The largest absolute Gasteiger partial charge is 0.497 e. The zero-order valence-electron chi connectivity index (χ0n) is 12.8. The monoisotopic (exact) mass is 292 g/mol. The van der Waals surface area contributed by atoms with Crippen molar-refractivity contribution in [3.05, 3.63) is 24.3 Å². The summed E-state index contributed by atoms with van der Waals surface area (Å²) in [6, 6.07) is 7.26. The van der Waals surface area contributed by atoms with Crippen LogP contribution in [0.1, 0.15) is 12.8 Å². The first-order valence-electron chi connectivity index (χ1n) is 7.39. The van der Waals surface area contributed by atoms with Gasteiger partial charge >= 0.3 is 0 Å². The average molecular weight is 292 g/mol. The molecule has 2 rings (SSSR count). The summed E-state index contributed by atoms with van der Waals surface area (Å²) in [5, 5.41) is 2.95. The van der Waals surface area contributed by atoms with Gasteiger partial charge in [-0.1, -0.05) is 6.07 Å². The summed E-state index contributed by atoms with van der Waals surface area (Å²) in [6.45, 7) is 3.01. The van der Waals surface area contributed by atoms with E-state index in [9.17, 15) is 4.79 Å². The van der Waals surface area contributed by atoms with E-state index in [1.165, 1.54) is 0 Å². The van der Waals surface area contributed by atoms with E-state index in [0.717, 1.165) is 38.2 Å². The highest BCUT2D eigenvalue weighted by Gasteiger charge is 2.17. The molecule has 0 bridgehead atoms. The van der Waals surface area contributed by atoms with Gasteiger partial charge in [-0.15, -0.1) is 0 Å². The molecule has 1 aliphatic rings. The number of carbonyl (C=O) groups excluding carboxylic acids is 1.